The molecule has 2 nitrogen and oxygen atoms in total. The number of nitrogen functional groups attached to an aromatic ring is 1. The molecule has 2 aromatic rings. The Balaban J connectivity index is 2.07. The van der Waals surface area contributed by atoms with Crippen molar-refractivity contribution < 1.29 is 0 Å². The van der Waals surface area contributed by atoms with E-state index in [0.29, 0.717) is 5.02 Å². The molecule has 0 unspecified atom stereocenters. The molecule has 2 N–H and O–H groups in total. The SMILES string of the molecule is Cc1nc(CSc2cc(Cl)ccc2N)cs1. The van der Waals surface area contributed by atoms with Crippen LogP contribution in [0.5, 0.6) is 0 Å². The molecule has 0 atom stereocenters. The largest absolute Gasteiger partial charge is 0.398 e. The summed E-state index contributed by atoms with van der Waals surface area (Å²) in [4.78, 5) is 5.41. The molecule has 0 saturated carbocycles. The highest BCUT2D eigenvalue weighted by molar-refractivity contribution is 7.98. The molecule has 0 fully saturated rings. The van der Waals surface area contributed by atoms with Gasteiger partial charge in [0.15, 0.2) is 0 Å². The third kappa shape index (κ3) is 2.90. The molecule has 16 heavy (non-hydrogen) atoms. The minimum Gasteiger partial charge on any atom is -0.398 e. The first-order valence-corrected chi connectivity index (χ1v) is 6.98. The summed E-state index contributed by atoms with van der Waals surface area (Å²) in [5.41, 5.74) is 7.72. The first-order chi connectivity index (χ1) is 7.65. The van der Waals surface area contributed by atoms with Gasteiger partial charge in [0.2, 0.25) is 0 Å². The van der Waals surface area contributed by atoms with Crippen LogP contribution in [0, 0.1) is 6.92 Å². The number of hydrogen-bond donors (Lipinski definition) is 1. The molecule has 0 aliphatic carbocycles. The van der Waals surface area contributed by atoms with Gasteiger partial charge in [-0.25, -0.2) is 4.98 Å². The van der Waals surface area contributed by atoms with Crippen LogP contribution in [-0.4, -0.2) is 4.98 Å². The monoisotopic (exact) mass is 270 g/mol. The number of hydrogen-bond acceptors (Lipinski definition) is 4. The molecule has 0 aliphatic heterocycles. The van der Waals surface area contributed by atoms with E-state index < -0.39 is 0 Å². The fraction of sp³-hybridized carbons (Fsp3) is 0.182. The maximum absolute atomic E-state index is 5.92. The molecule has 0 radical (unpaired) electrons. The zero-order valence-electron chi connectivity index (χ0n) is 8.74. The van der Waals surface area contributed by atoms with Crippen LogP contribution in [0.4, 0.5) is 5.69 Å². The van der Waals surface area contributed by atoms with E-state index in [0.717, 1.165) is 27.0 Å². The maximum Gasteiger partial charge on any atom is 0.0897 e. The average molecular weight is 271 g/mol. The Morgan fingerprint density at radius 1 is 1.50 bits per heavy atom. The Kier molecular flexibility index (Phi) is 3.74. The topological polar surface area (TPSA) is 38.9 Å². The minimum atomic E-state index is 0.714. The van der Waals surface area contributed by atoms with Crippen LogP contribution in [0.1, 0.15) is 10.7 Å². The van der Waals surface area contributed by atoms with Gasteiger partial charge in [0.1, 0.15) is 0 Å². The lowest BCUT2D eigenvalue weighted by Gasteiger charge is -2.04. The van der Waals surface area contributed by atoms with E-state index in [9.17, 15) is 0 Å². The molecular weight excluding hydrogens is 260 g/mol. The van der Waals surface area contributed by atoms with E-state index in [-0.39, 0.29) is 0 Å². The smallest absolute Gasteiger partial charge is 0.0897 e. The molecule has 84 valence electrons. The van der Waals surface area contributed by atoms with Gasteiger partial charge in [-0.1, -0.05) is 11.6 Å². The van der Waals surface area contributed by atoms with Crippen molar-refractivity contribution >= 4 is 40.4 Å². The summed E-state index contributed by atoms with van der Waals surface area (Å²) in [7, 11) is 0. The van der Waals surface area contributed by atoms with Gasteiger partial charge in [0.25, 0.3) is 0 Å². The highest BCUT2D eigenvalue weighted by Crippen LogP contribution is 2.30. The van der Waals surface area contributed by atoms with Crippen molar-refractivity contribution in [1.29, 1.82) is 0 Å². The molecule has 2 rings (SSSR count). The second-order valence-corrected chi connectivity index (χ2v) is 5.84. The number of aromatic nitrogens is 1. The summed E-state index contributed by atoms with van der Waals surface area (Å²) >= 11 is 9.25. The van der Waals surface area contributed by atoms with E-state index in [1.165, 1.54) is 0 Å². The van der Waals surface area contributed by atoms with E-state index in [1.807, 2.05) is 19.1 Å². The number of rotatable bonds is 3. The molecule has 0 spiro atoms. The van der Waals surface area contributed by atoms with Crippen molar-refractivity contribution in [3.8, 4) is 0 Å². The van der Waals surface area contributed by atoms with Crippen LogP contribution in [0.3, 0.4) is 0 Å². The van der Waals surface area contributed by atoms with Crippen LogP contribution >= 0.6 is 34.7 Å². The lowest BCUT2D eigenvalue weighted by molar-refractivity contribution is 1.18. The average Bonchev–Trinajstić information content (AvgIpc) is 2.66. The van der Waals surface area contributed by atoms with Crippen molar-refractivity contribution in [1.82, 2.24) is 4.98 Å². The number of aryl methyl sites for hydroxylation is 1. The highest BCUT2D eigenvalue weighted by Gasteiger charge is 2.04. The first-order valence-electron chi connectivity index (χ1n) is 4.74. The van der Waals surface area contributed by atoms with Crippen molar-refractivity contribution in [2.45, 2.75) is 17.6 Å². The second kappa shape index (κ2) is 5.08. The Morgan fingerprint density at radius 3 is 3.00 bits per heavy atom. The molecule has 0 bridgehead atoms. The fourth-order valence-corrected chi connectivity index (χ4v) is 3.11. The van der Waals surface area contributed by atoms with Gasteiger partial charge in [-0.2, -0.15) is 0 Å². The van der Waals surface area contributed by atoms with Crippen molar-refractivity contribution in [3.63, 3.8) is 0 Å². The van der Waals surface area contributed by atoms with Gasteiger partial charge in [0, 0.05) is 26.7 Å². The maximum atomic E-state index is 5.92. The Labute approximate surface area is 108 Å². The quantitative estimate of drug-likeness (QED) is 0.677. The number of thiazole rings is 1. The molecular formula is C11H11ClN2S2. The van der Waals surface area contributed by atoms with Crippen LogP contribution in [-0.2, 0) is 5.75 Å². The zero-order valence-corrected chi connectivity index (χ0v) is 11.1. The van der Waals surface area contributed by atoms with Gasteiger partial charge in [-0.15, -0.1) is 23.1 Å². The zero-order chi connectivity index (χ0) is 11.5. The Morgan fingerprint density at radius 2 is 2.31 bits per heavy atom. The van der Waals surface area contributed by atoms with Gasteiger partial charge < -0.3 is 5.73 Å². The van der Waals surface area contributed by atoms with Crippen LogP contribution < -0.4 is 5.73 Å². The number of benzene rings is 1. The number of nitrogens with two attached hydrogens (primary N) is 1. The van der Waals surface area contributed by atoms with E-state index >= 15 is 0 Å². The fourth-order valence-electron chi connectivity index (χ4n) is 1.26. The molecule has 5 heteroatoms. The van der Waals surface area contributed by atoms with Gasteiger partial charge in [0.05, 0.1) is 10.7 Å². The Hall–Kier alpha value is -0.710. The first kappa shape index (κ1) is 11.8. The van der Waals surface area contributed by atoms with Crippen molar-refractivity contribution in [3.05, 3.63) is 39.3 Å². The summed E-state index contributed by atoms with van der Waals surface area (Å²) in [5, 5.41) is 3.88. The molecule has 1 aromatic heterocycles. The minimum absolute atomic E-state index is 0.714. The van der Waals surface area contributed by atoms with Crippen LogP contribution in [0.25, 0.3) is 0 Å². The van der Waals surface area contributed by atoms with Crippen molar-refractivity contribution in [2.75, 3.05) is 5.73 Å². The van der Waals surface area contributed by atoms with Crippen LogP contribution in [0.2, 0.25) is 5.02 Å². The summed E-state index contributed by atoms with van der Waals surface area (Å²) < 4.78 is 0. The third-order valence-corrected chi connectivity index (χ3v) is 4.18. The number of anilines is 1. The standard InChI is InChI=1S/C11H11ClN2S2/c1-7-14-9(5-15-7)6-16-11-4-8(12)2-3-10(11)13/h2-5H,6,13H2,1H3. The molecule has 0 aliphatic rings. The molecule has 0 saturated heterocycles. The van der Waals surface area contributed by atoms with Crippen molar-refractivity contribution in [2.24, 2.45) is 0 Å². The van der Waals surface area contributed by atoms with Gasteiger partial charge >= 0.3 is 0 Å². The highest BCUT2D eigenvalue weighted by atomic mass is 35.5. The van der Waals surface area contributed by atoms with Gasteiger partial charge in [-0.05, 0) is 25.1 Å². The predicted molar refractivity (Wildman–Crippen MR) is 72.3 cm³/mol. The summed E-state index contributed by atoms with van der Waals surface area (Å²) in [6.45, 7) is 2.01. The predicted octanol–water partition coefficient (Wildman–Crippen LogP) is 3.98. The van der Waals surface area contributed by atoms with E-state index in [4.69, 9.17) is 17.3 Å². The lowest BCUT2D eigenvalue weighted by Crippen LogP contribution is -1.89. The molecule has 1 aromatic carbocycles. The Bertz CT molecular complexity index is 496. The number of halogens is 1. The number of thioether (sulfide) groups is 1. The molecule has 0 amide bonds. The summed E-state index contributed by atoms with van der Waals surface area (Å²) in [6, 6.07) is 5.52. The van der Waals surface area contributed by atoms with E-state index in [2.05, 4.69) is 10.4 Å². The number of nitrogens with zero attached hydrogens (tertiary/aromatic N) is 1. The lowest BCUT2D eigenvalue weighted by atomic mass is 10.3. The van der Waals surface area contributed by atoms with Crippen LogP contribution in [0.15, 0.2) is 28.5 Å². The normalized spacial score (nSPS) is 10.6. The summed E-state index contributed by atoms with van der Waals surface area (Å²) in [6.07, 6.45) is 0. The third-order valence-electron chi connectivity index (χ3n) is 2.02. The van der Waals surface area contributed by atoms with Gasteiger partial charge in [-0.3, -0.25) is 0 Å². The molecule has 1 heterocycles. The summed E-state index contributed by atoms with van der Waals surface area (Å²) in [5.74, 6) is 0.828. The second-order valence-electron chi connectivity index (χ2n) is 3.33. The van der Waals surface area contributed by atoms with E-state index in [1.54, 1.807) is 29.2 Å².